The molecule has 2 heterocycles. The number of carbonyl (C=O) groups is 2. The largest absolute Gasteiger partial charge is 0.454 e. The summed E-state index contributed by atoms with van der Waals surface area (Å²) in [5, 5.41) is 6.22. The lowest BCUT2D eigenvalue weighted by atomic mass is 10.1. The van der Waals surface area contributed by atoms with Gasteiger partial charge in [0.1, 0.15) is 0 Å². The number of para-hydroxylation sites is 1. The number of rotatable bonds is 4. The molecule has 0 bridgehead atoms. The van der Waals surface area contributed by atoms with Crippen LogP contribution in [0.4, 0.5) is 5.69 Å². The molecule has 1 saturated heterocycles. The van der Waals surface area contributed by atoms with Gasteiger partial charge in [-0.1, -0.05) is 18.2 Å². The Bertz CT molecular complexity index is 876. The summed E-state index contributed by atoms with van der Waals surface area (Å²) in [4.78, 5) is 27.3. The lowest BCUT2D eigenvalue weighted by molar-refractivity contribution is -0.130. The van der Waals surface area contributed by atoms with Gasteiger partial charge in [0.2, 0.25) is 12.7 Å². The number of anilines is 1. The van der Waals surface area contributed by atoms with Crippen molar-refractivity contribution in [2.75, 3.05) is 38.3 Å². The quantitative estimate of drug-likeness (QED) is 0.847. The van der Waals surface area contributed by atoms with Gasteiger partial charge in [0.05, 0.1) is 6.42 Å². The van der Waals surface area contributed by atoms with Crippen molar-refractivity contribution < 1.29 is 19.1 Å². The molecular weight excluding hydrogens is 358 g/mol. The molecule has 0 saturated carbocycles. The van der Waals surface area contributed by atoms with E-state index in [1.54, 1.807) is 18.2 Å². The van der Waals surface area contributed by atoms with E-state index in [1.165, 1.54) is 0 Å². The lowest BCUT2D eigenvalue weighted by Crippen LogP contribution is -2.35. The molecule has 0 atom stereocenters. The number of fused-ring (bicyclic) bond motifs is 1. The molecule has 4 rings (SSSR count). The van der Waals surface area contributed by atoms with Gasteiger partial charge < -0.3 is 25.0 Å². The van der Waals surface area contributed by atoms with Crippen LogP contribution in [-0.2, 0) is 11.2 Å². The predicted molar refractivity (Wildman–Crippen MR) is 105 cm³/mol. The van der Waals surface area contributed by atoms with E-state index in [4.69, 9.17) is 9.47 Å². The fraction of sp³-hybridized carbons (Fsp3) is 0.333. The van der Waals surface area contributed by atoms with Gasteiger partial charge in [-0.15, -0.1) is 0 Å². The zero-order valence-electron chi connectivity index (χ0n) is 15.6. The smallest absolute Gasteiger partial charge is 0.255 e. The summed E-state index contributed by atoms with van der Waals surface area (Å²) in [5.41, 5.74) is 1.93. The van der Waals surface area contributed by atoms with Crippen molar-refractivity contribution in [3.05, 3.63) is 53.6 Å². The van der Waals surface area contributed by atoms with E-state index < -0.39 is 0 Å². The fourth-order valence-electron chi connectivity index (χ4n) is 3.40. The zero-order chi connectivity index (χ0) is 19.3. The van der Waals surface area contributed by atoms with E-state index >= 15 is 0 Å². The number of nitrogens with zero attached hydrogens (tertiary/aromatic N) is 1. The Morgan fingerprint density at radius 2 is 1.89 bits per heavy atom. The van der Waals surface area contributed by atoms with E-state index in [0.29, 0.717) is 29.3 Å². The third-order valence-electron chi connectivity index (χ3n) is 4.93. The van der Waals surface area contributed by atoms with Crippen LogP contribution >= 0.6 is 0 Å². The Kier molecular flexibility index (Phi) is 5.43. The van der Waals surface area contributed by atoms with Gasteiger partial charge in [-0.3, -0.25) is 9.59 Å². The maximum Gasteiger partial charge on any atom is 0.255 e. The second kappa shape index (κ2) is 8.31. The number of hydrogen-bond acceptors (Lipinski definition) is 5. The van der Waals surface area contributed by atoms with E-state index in [2.05, 4.69) is 10.6 Å². The first-order valence-electron chi connectivity index (χ1n) is 9.48. The first-order valence-corrected chi connectivity index (χ1v) is 9.48. The number of amides is 2. The van der Waals surface area contributed by atoms with Crippen molar-refractivity contribution in [3.8, 4) is 11.5 Å². The molecule has 2 N–H and O–H groups in total. The van der Waals surface area contributed by atoms with Gasteiger partial charge in [0.15, 0.2) is 11.5 Å². The minimum atomic E-state index is -0.253. The van der Waals surface area contributed by atoms with Crippen molar-refractivity contribution in [1.29, 1.82) is 0 Å². The molecule has 0 unspecified atom stereocenters. The maximum atomic E-state index is 12.7. The topological polar surface area (TPSA) is 79.9 Å². The Balaban J connectivity index is 1.46. The molecule has 2 aliphatic rings. The van der Waals surface area contributed by atoms with E-state index in [9.17, 15) is 9.59 Å². The molecule has 0 spiro atoms. The molecule has 2 aliphatic heterocycles. The zero-order valence-corrected chi connectivity index (χ0v) is 15.6. The van der Waals surface area contributed by atoms with Crippen LogP contribution < -0.4 is 20.1 Å². The van der Waals surface area contributed by atoms with Gasteiger partial charge in [-0.2, -0.15) is 0 Å². The number of nitrogens with one attached hydrogen (secondary N) is 2. The van der Waals surface area contributed by atoms with Crippen LogP contribution in [0.5, 0.6) is 11.5 Å². The monoisotopic (exact) mass is 381 g/mol. The molecule has 7 nitrogen and oxygen atoms in total. The van der Waals surface area contributed by atoms with Crippen LogP contribution in [0.2, 0.25) is 0 Å². The summed E-state index contributed by atoms with van der Waals surface area (Å²) in [6.07, 6.45) is 1.21. The molecule has 28 heavy (non-hydrogen) atoms. The highest BCUT2D eigenvalue weighted by Gasteiger charge is 2.19. The average Bonchev–Trinajstić information content (AvgIpc) is 3.00. The van der Waals surface area contributed by atoms with Crippen LogP contribution in [0.3, 0.4) is 0 Å². The third kappa shape index (κ3) is 4.09. The first kappa shape index (κ1) is 18.3. The summed E-state index contributed by atoms with van der Waals surface area (Å²) in [6, 6.07) is 12.5. The highest BCUT2D eigenvalue weighted by molar-refractivity contribution is 6.05. The van der Waals surface area contributed by atoms with Crippen LogP contribution in [0.15, 0.2) is 42.5 Å². The van der Waals surface area contributed by atoms with Crippen LogP contribution in [-0.4, -0.2) is 49.7 Å². The van der Waals surface area contributed by atoms with Crippen molar-refractivity contribution in [2.24, 2.45) is 0 Å². The highest BCUT2D eigenvalue weighted by atomic mass is 16.7. The normalized spacial score (nSPS) is 15.8. The molecule has 7 heteroatoms. The Labute approximate surface area is 163 Å². The number of carbonyl (C=O) groups excluding carboxylic acids is 2. The number of ether oxygens (including phenoxy) is 2. The average molecular weight is 381 g/mol. The SMILES string of the molecule is O=C(Nc1ccccc1CC(=O)N1CCCNCC1)c1ccc2c(c1)OCO2. The van der Waals surface area contributed by atoms with Gasteiger partial charge in [0.25, 0.3) is 5.91 Å². The maximum absolute atomic E-state index is 12.7. The molecule has 2 aromatic carbocycles. The molecular formula is C21H23N3O4. The van der Waals surface area contributed by atoms with Gasteiger partial charge in [0, 0.05) is 30.9 Å². The van der Waals surface area contributed by atoms with Crippen LogP contribution in [0, 0.1) is 0 Å². The summed E-state index contributed by atoms with van der Waals surface area (Å²) in [7, 11) is 0. The molecule has 1 fully saturated rings. The third-order valence-corrected chi connectivity index (χ3v) is 4.93. The second-order valence-corrected chi connectivity index (χ2v) is 6.84. The predicted octanol–water partition coefficient (Wildman–Crippen LogP) is 2.03. The summed E-state index contributed by atoms with van der Waals surface area (Å²) in [6.45, 7) is 3.39. The van der Waals surface area contributed by atoms with Gasteiger partial charge in [-0.05, 0) is 42.8 Å². The van der Waals surface area contributed by atoms with E-state index in [1.807, 2.05) is 29.2 Å². The van der Waals surface area contributed by atoms with Crippen molar-refractivity contribution in [1.82, 2.24) is 10.2 Å². The van der Waals surface area contributed by atoms with Crippen molar-refractivity contribution in [2.45, 2.75) is 12.8 Å². The molecule has 2 amide bonds. The van der Waals surface area contributed by atoms with Crippen molar-refractivity contribution >= 4 is 17.5 Å². The summed E-state index contributed by atoms with van der Waals surface area (Å²) < 4.78 is 10.6. The second-order valence-electron chi connectivity index (χ2n) is 6.84. The molecule has 0 aromatic heterocycles. The first-order chi connectivity index (χ1) is 13.7. The molecule has 0 aliphatic carbocycles. The van der Waals surface area contributed by atoms with Crippen molar-refractivity contribution in [3.63, 3.8) is 0 Å². The lowest BCUT2D eigenvalue weighted by Gasteiger charge is -2.21. The van der Waals surface area contributed by atoms with Crippen LogP contribution in [0.1, 0.15) is 22.3 Å². The number of benzene rings is 2. The number of hydrogen-bond donors (Lipinski definition) is 2. The summed E-state index contributed by atoms with van der Waals surface area (Å²) >= 11 is 0. The Hall–Kier alpha value is -3.06. The highest BCUT2D eigenvalue weighted by Crippen LogP contribution is 2.32. The van der Waals surface area contributed by atoms with Gasteiger partial charge in [-0.25, -0.2) is 0 Å². The van der Waals surface area contributed by atoms with E-state index in [-0.39, 0.29) is 25.0 Å². The van der Waals surface area contributed by atoms with E-state index in [0.717, 1.165) is 31.6 Å². The minimum absolute atomic E-state index is 0.0773. The molecule has 0 radical (unpaired) electrons. The Morgan fingerprint density at radius 1 is 1.04 bits per heavy atom. The standard InChI is InChI=1S/C21H23N3O4/c25-20(24-10-3-8-22-9-11-24)13-15-4-1-2-5-17(15)23-21(26)16-6-7-18-19(12-16)28-14-27-18/h1-2,4-7,12,22H,3,8-11,13-14H2,(H,23,26). The minimum Gasteiger partial charge on any atom is -0.454 e. The molecule has 2 aromatic rings. The van der Waals surface area contributed by atoms with Crippen LogP contribution in [0.25, 0.3) is 0 Å². The van der Waals surface area contributed by atoms with Gasteiger partial charge >= 0.3 is 0 Å². The Morgan fingerprint density at radius 3 is 2.82 bits per heavy atom. The fourth-order valence-corrected chi connectivity index (χ4v) is 3.40. The molecule has 146 valence electrons. The summed E-state index contributed by atoms with van der Waals surface area (Å²) in [5.74, 6) is 1.02.